The average Bonchev–Trinajstić information content (AvgIpc) is 2.06. The van der Waals surface area contributed by atoms with Crippen LogP contribution in [0.25, 0.3) is 0 Å². The molecule has 0 unspecified atom stereocenters. The van der Waals surface area contributed by atoms with Gasteiger partial charge in [-0.2, -0.15) is 0 Å². The molecule has 0 saturated heterocycles. The van der Waals surface area contributed by atoms with Crippen molar-refractivity contribution in [1.29, 1.82) is 0 Å². The van der Waals surface area contributed by atoms with Crippen molar-refractivity contribution in [2.45, 2.75) is 0 Å². The van der Waals surface area contributed by atoms with Gasteiger partial charge >= 0.3 is 0 Å². The topological polar surface area (TPSA) is 29.5 Å². The molecule has 0 heterocycles. The van der Waals surface area contributed by atoms with E-state index in [0.29, 0.717) is 5.75 Å². The van der Waals surface area contributed by atoms with E-state index in [1.165, 1.54) is 0 Å². The van der Waals surface area contributed by atoms with E-state index < -0.39 is 0 Å². The predicted octanol–water partition coefficient (Wildman–Crippen LogP) is 1.39. The molecule has 1 aromatic carbocycles. The van der Waals surface area contributed by atoms with Crippen LogP contribution in [0.4, 0.5) is 0 Å². The molecule has 2 nitrogen and oxygen atoms in total. The smallest absolute Gasteiger partial charge is 0.192 e. The van der Waals surface area contributed by atoms with Crippen molar-refractivity contribution < 1.29 is 9.84 Å². The lowest BCUT2D eigenvalue weighted by atomic mass is 10.3. The molecule has 0 aliphatic carbocycles. The Morgan fingerprint density at radius 3 is 2.55 bits per heavy atom. The van der Waals surface area contributed by atoms with E-state index in [-0.39, 0.29) is 11.7 Å². The second-order valence-corrected chi connectivity index (χ2v) is 2.40. The van der Waals surface area contributed by atoms with Crippen LogP contribution in [0.2, 0.25) is 0 Å². The summed E-state index contributed by atoms with van der Waals surface area (Å²) in [5.74, 6) is 0.659. The van der Waals surface area contributed by atoms with E-state index >= 15 is 0 Å². The molecule has 0 fully saturated rings. The Morgan fingerprint density at radius 1 is 1.36 bits per heavy atom. The van der Waals surface area contributed by atoms with E-state index in [9.17, 15) is 0 Å². The third kappa shape index (κ3) is 2.65. The van der Waals surface area contributed by atoms with Gasteiger partial charge in [0.1, 0.15) is 12.4 Å². The minimum atomic E-state index is -0.218. The number of rotatable bonds is 2. The number of aliphatic hydroxyl groups is 1. The van der Waals surface area contributed by atoms with Gasteiger partial charge < -0.3 is 9.84 Å². The third-order valence-corrected chi connectivity index (χ3v) is 1.32. The Kier molecular flexibility index (Phi) is 3.01. The monoisotopic (exact) mass is 168 g/mol. The molecule has 0 bridgehead atoms. The minimum absolute atomic E-state index is 0.191. The highest BCUT2D eigenvalue weighted by molar-refractivity contribution is 7.80. The van der Waals surface area contributed by atoms with E-state index in [1.807, 2.05) is 18.2 Å². The predicted molar refractivity (Wildman–Crippen MR) is 46.8 cm³/mol. The molecule has 58 valence electrons. The quantitative estimate of drug-likeness (QED) is 0.676. The summed E-state index contributed by atoms with van der Waals surface area (Å²) in [7, 11) is 0. The first-order valence-electron chi connectivity index (χ1n) is 3.19. The summed E-state index contributed by atoms with van der Waals surface area (Å²) in [5, 5.41) is 8.72. The second-order valence-electron chi connectivity index (χ2n) is 1.95. The summed E-state index contributed by atoms with van der Waals surface area (Å²) < 4.78 is 5.04. The SMILES string of the molecule is OCC(=S)Oc1ccccc1. The van der Waals surface area contributed by atoms with Gasteiger partial charge in [0.2, 0.25) is 0 Å². The molecule has 3 heteroatoms. The molecule has 0 amide bonds. The van der Waals surface area contributed by atoms with Crippen LogP contribution >= 0.6 is 12.2 Å². The normalized spacial score (nSPS) is 9.18. The number of aliphatic hydroxyl groups excluding tert-OH is 1. The first-order chi connectivity index (χ1) is 5.33. The maximum atomic E-state index is 8.53. The molecule has 0 aliphatic rings. The summed E-state index contributed by atoms with van der Waals surface area (Å²) in [5.41, 5.74) is 0. The van der Waals surface area contributed by atoms with Crippen LogP contribution in [-0.2, 0) is 0 Å². The molecule has 0 radical (unpaired) electrons. The molecule has 0 aromatic heterocycles. The molecule has 1 aromatic rings. The van der Waals surface area contributed by atoms with E-state index in [2.05, 4.69) is 12.2 Å². The maximum absolute atomic E-state index is 8.53. The molecular weight excluding hydrogens is 160 g/mol. The minimum Gasteiger partial charge on any atom is -0.448 e. The molecule has 11 heavy (non-hydrogen) atoms. The number of hydrogen-bond acceptors (Lipinski definition) is 3. The maximum Gasteiger partial charge on any atom is 0.192 e. The van der Waals surface area contributed by atoms with E-state index in [4.69, 9.17) is 9.84 Å². The molecule has 0 aliphatic heterocycles. The number of thiocarbonyl (C=S) groups is 1. The Balaban J connectivity index is 2.58. The Morgan fingerprint density at radius 2 is 2.00 bits per heavy atom. The van der Waals surface area contributed by atoms with Gasteiger partial charge in [0, 0.05) is 0 Å². The van der Waals surface area contributed by atoms with Crippen molar-refractivity contribution in [3.05, 3.63) is 30.3 Å². The van der Waals surface area contributed by atoms with Crippen LogP contribution in [0.5, 0.6) is 5.75 Å². The van der Waals surface area contributed by atoms with Crippen molar-refractivity contribution in [2.24, 2.45) is 0 Å². The highest BCUT2D eigenvalue weighted by Gasteiger charge is 1.95. The van der Waals surface area contributed by atoms with Crippen LogP contribution in [0.15, 0.2) is 30.3 Å². The van der Waals surface area contributed by atoms with Crippen LogP contribution in [0.1, 0.15) is 0 Å². The van der Waals surface area contributed by atoms with Gasteiger partial charge in [0.15, 0.2) is 5.05 Å². The average molecular weight is 168 g/mol. The van der Waals surface area contributed by atoms with Gasteiger partial charge in [-0.3, -0.25) is 0 Å². The summed E-state index contributed by atoms with van der Waals surface area (Å²) >= 11 is 4.67. The molecule has 0 atom stereocenters. The number of para-hydroxylation sites is 1. The lowest BCUT2D eigenvalue weighted by Gasteiger charge is -2.02. The fourth-order valence-electron chi connectivity index (χ4n) is 0.652. The third-order valence-electron chi connectivity index (χ3n) is 1.10. The lowest BCUT2D eigenvalue weighted by Crippen LogP contribution is -2.09. The first-order valence-corrected chi connectivity index (χ1v) is 3.60. The number of benzene rings is 1. The van der Waals surface area contributed by atoms with Gasteiger partial charge in [-0.05, 0) is 24.4 Å². The largest absolute Gasteiger partial charge is 0.448 e. The lowest BCUT2D eigenvalue weighted by molar-refractivity contribution is 0.335. The number of hydrogen-bond donors (Lipinski definition) is 1. The van der Waals surface area contributed by atoms with Crippen LogP contribution in [0.3, 0.4) is 0 Å². The summed E-state index contributed by atoms with van der Waals surface area (Å²) in [6.45, 7) is -0.218. The van der Waals surface area contributed by atoms with Crippen molar-refractivity contribution in [2.75, 3.05) is 6.61 Å². The fourth-order valence-corrected chi connectivity index (χ4v) is 0.748. The summed E-state index contributed by atoms with van der Waals surface area (Å²) in [4.78, 5) is 0. The van der Waals surface area contributed by atoms with E-state index in [1.54, 1.807) is 12.1 Å². The Hall–Kier alpha value is -0.930. The van der Waals surface area contributed by atoms with Crippen LogP contribution < -0.4 is 4.74 Å². The summed E-state index contributed by atoms with van der Waals surface area (Å²) in [6, 6.07) is 9.13. The molecule has 1 rings (SSSR count). The molecule has 0 spiro atoms. The summed E-state index contributed by atoms with van der Waals surface area (Å²) in [6.07, 6.45) is 0. The van der Waals surface area contributed by atoms with Gasteiger partial charge in [-0.1, -0.05) is 18.2 Å². The van der Waals surface area contributed by atoms with Crippen molar-refractivity contribution in [3.8, 4) is 5.75 Å². The van der Waals surface area contributed by atoms with Crippen LogP contribution in [-0.4, -0.2) is 16.8 Å². The van der Waals surface area contributed by atoms with Crippen molar-refractivity contribution in [3.63, 3.8) is 0 Å². The number of ether oxygens (including phenoxy) is 1. The highest BCUT2D eigenvalue weighted by Crippen LogP contribution is 2.08. The second kappa shape index (κ2) is 4.05. The molecule has 0 saturated carbocycles. The standard InChI is InChI=1S/C8H8O2S/c9-6-8(11)10-7-4-2-1-3-5-7/h1-5,9H,6H2. The zero-order valence-corrected chi connectivity index (χ0v) is 6.67. The zero-order chi connectivity index (χ0) is 8.10. The fraction of sp³-hybridized carbons (Fsp3) is 0.125. The van der Waals surface area contributed by atoms with Crippen molar-refractivity contribution in [1.82, 2.24) is 0 Å². The van der Waals surface area contributed by atoms with Gasteiger partial charge in [-0.25, -0.2) is 0 Å². The van der Waals surface area contributed by atoms with Gasteiger partial charge in [-0.15, -0.1) is 0 Å². The zero-order valence-electron chi connectivity index (χ0n) is 5.86. The highest BCUT2D eigenvalue weighted by atomic mass is 32.1. The van der Waals surface area contributed by atoms with Gasteiger partial charge in [0.25, 0.3) is 0 Å². The van der Waals surface area contributed by atoms with Crippen molar-refractivity contribution >= 4 is 17.3 Å². The molecule has 1 N–H and O–H groups in total. The van der Waals surface area contributed by atoms with Gasteiger partial charge in [0.05, 0.1) is 0 Å². The molecular formula is C8H8O2S. The van der Waals surface area contributed by atoms with E-state index in [0.717, 1.165) is 0 Å². The van der Waals surface area contributed by atoms with Crippen LogP contribution in [0, 0.1) is 0 Å². The Bertz CT molecular complexity index is 233. The Labute approximate surface area is 70.4 Å². The first kappa shape index (κ1) is 8.17.